The number of hydrogen-bond acceptors (Lipinski definition) is 1. The fourth-order valence-corrected chi connectivity index (χ4v) is 3.26. The van der Waals surface area contributed by atoms with Crippen molar-refractivity contribution in [2.75, 3.05) is 0 Å². The third-order valence-corrected chi connectivity index (χ3v) is 4.28. The Hall–Kier alpha value is -1.11. The lowest BCUT2D eigenvalue weighted by Gasteiger charge is -2.26. The van der Waals surface area contributed by atoms with Gasteiger partial charge in [0, 0.05) is 12.0 Å². The summed E-state index contributed by atoms with van der Waals surface area (Å²) in [7, 11) is 0. The van der Waals surface area contributed by atoms with Gasteiger partial charge < -0.3 is 0 Å². The first-order valence-electron chi connectivity index (χ1n) is 7.98. The van der Waals surface area contributed by atoms with Gasteiger partial charge in [-0.2, -0.15) is 0 Å². The summed E-state index contributed by atoms with van der Waals surface area (Å²) in [6.07, 6.45) is 5.69. The largest absolute Gasteiger partial charge is 0.294 e. The highest BCUT2D eigenvalue weighted by atomic mass is 16.1. The first-order valence-corrected chi connectivity index (χ1v) is 7.98. The molecule has 1 aliphatic carbocycles. The van der Waals surface area contributed by atoms with Crippen LogP contribution >= 0.6 is 0 Å². The van der Waals surface area contributed by atoms with Crippen molar-refractivity contribution in [2.24, 2.45) is 11.3 Å². The average molecular weight is 272 g/mol. The summed E-state index contributed by atoms with van der Waals surface area (Å²) in [5.74, 6) is 1.47. The normalized spacial score (nSPS) is 17.6. The molecule has 0 heterocycles. The molecule has 1 nitrogen and oxygen atoms in total. The molecule has 0 aromatic heterocycles. The highest BCUT2D eigenvalue weighted by molar-refractivity contribution is 5.96. The van der Waals surface area contributed by atoms with Crippen LogP contribution in [0, 0.1) is 11.3 Å². The highest BCUT2D eigenvalue weighted by Crippen LogP contribution is 2.36. The molecule has 1 aromatic rings. The molecule has 0 bridgehead atoms. The van der Waals surface area contributed by atoms with Crippen molar-refractivity contribution in [1.82, 2.24) is 0 Å². The van der Waals surface area contributed by atoms with Crippen LogP contribution in [0.1, 0.15) is 81.6 Å². The molecule has 0 radical (unpaired) electrons. The number of benzene rings is 1. The monoisotopic (exact) mass is 272 g/mol. The molecular formula is C19H28O. The number of hydrogen-bond donors (Lipinski definition) is 0. The molecule has 110 valence electrons. The topological polar surface area (TPSA) is 17.1 Å². The van der Waals surface area contributed by atoms with Crippen LogP contribution in [0.15, 0.2) is 24.3 Å². The van der Waals surface area contributed by atoms with Crippen LogP contribution in [0.25, 0.3) is 0 Å². The maximum Gasteiger partial charge on any atom is 0.163 e. The molecule has 20 heavy (non-hydrogen) atoms. The first kappa shape index (κ1) is 15.3. The van der Waals surface area contributed by atoms with Gasteiger partial charge in [0.2, 0.25) is 0 Å². The second kappa shape index (κ2) is 6.11. The standard InChI is InChI=1S/C19H28O/c1-14(13-19(2,3)4)11-18(20)17-10-6-9-16(12-17)15-7-5-8-15/h6,9-10,12,14-15H,5,7-8,11,13H2,1-4H3. The predicted octanol–water partition coefficient (Wildman–Crippen LogP) is 5.60. The number of carbonyl (C=O) groups is 1. The van der Waals surface area contributed by atoms with Gasteiger partial charge in [0.15, 0.2) is 5.78 Å². The SMILES string of the molecule is CC(CC(=O)c1cccc(C2CCC2)c1)CC(C)(C)C. The van der Waals surface area contributed by atoms with Crippen LogP contribution in [-0.4, -0.2) is 5.78 Å². The van der Waals surface area contributed by atoms with Crippen molar-refractivity contribution in [2.45, 2.75) is 65.7 Å². The van der Waals surface area contributed by atoms with E-state index in [2.05, 4.69) is 45.9 Å². The lowest BCUT2D eigenvalue weighted by molar-refractivity contribution is 0.0954. The summed E-state index contributed by atoms with van der Waals surface area (Å²) in [6.45, 7) is 8.92. The first-order chi connectivity index (χ1) is 9.35. The summed E-state index contributed by atoms with van der Waals surface area (Å²) < 4.78 is 0. The summed E-state index contributed by atoms with van der Waals surface area (Å²) in [5, 5.41) is 0. The number of rotatable bonds is 5. The smallest absolute Gasteiger partial charge is 0.163 e. The summed E-state index contributed by atoms with van der Waals surface area (Å²) in [5.41, 5.74) is 2.58. The molecule has 1 heteroatoms. The molecule has 0 amide bonds. The molecule has 1 saturated carbocycles. The van der Waals surface area contributed by atoms with Crippen LogP contribution in [0.2, 0.25) is 0 Å². The Morgan fingerprint density at radius 2 is 2.00 bits per heavy atom. The number of ketones is 1. The summed E-state index contributed by atoms with van der Waals surface area (Å²) in [4.78, 5) is 12.4. The van der Waals surface area contributed by atoms with Crippen molar-refractivity contribution in [1.29, 1.82) is 0 Å². The van der Waals surface area contributed by atoms with Crippen molar-refractivity contribution < 1.29 is 4.79 Å². The molecule has 1 atom stereocenters. The Bertz CT molecular complexity index is 463. The molecule has 0 aliphatic heterocycles. The maximum atomic E-state index is 12.4. The predicted molar refractivity (Wildman–Crippen MR) is 85.2 cm³/mol. The number of Topliss-reactive ketones (excluding diaryl/α,β-unsaturated/α-hetero) is 1. The van der Waals surface area contributed by atoms with Gasteiger partial charge in [0.25, 0.3) is 0 Å². The fourth-order valence-electron chi connectivity index (χ4n) is 3.26. The van der Waals surface area contributed by atoms with Crippen molar-refractivity contribution in [3.63, 3.8) is 0 Å². The molecule has 1 aromatic carbocycles. The van der Waals surface area contributed by atoms with E-state index in [0.717, 1.165) is 12.0 Å². The van der Waals surface area contributed by atoms with E-state index in [1.54, 1.807) is 0 Å². The Morgan fingerprint density at radius 1 is 1.30 bits per heavy atom. The zero-order chi connectivity index (χ0) is 14.8. The minimum absolute atomic E-state index is 0.299. The van der Waals surface area contributed by atoms with Gasteiger partial charge >= 0.3 is 0 Å². The van der Waals surface area contributed by atoms with E-state index in [9.17, 15) is 4.79 Å². The van der Waals surface area contributed by atoms with Gasteiger partial charge in [-0.25, -0.2) is 0 Å². The van der Waals surface area contributed by atoms with E-state index in [4.69, 9.17) is 0 Å². The second-order valence-corrected chi connectivity index (χ2v) is 7.75. The fraction of sp³-hybridized carbons (Fsp3) is 0.632. The van der Waals surface area contributed by atoms with Crippen LogP contribution in [0.5, 0.6) is 0 Å². The second-order valence-electron chi connectivity index (χ2n) is 7.75. The molecule has 0 N–H and O–H groups in total. The van der Waals surface area contributed by atoms with Gasteiger partial charge in [0.05, 0.1) is 0 Å². The van der Waals surface area contributed by atoms with E-state index >= 15 is 0 Å². The van der Waals surface area contributed by atoms with E-state index in [0.29, 0.717) is 29.5 Å². The van der Waals surface area contributed by atoms with Crippen molar-refractivity contribution in [3.8, 4) is 0 Å². The van der Waals surface area contributed by atoms with Gasteiger partial charge in [-0.3, -0.25) is 4.79 Å². The molecular weight excluding hydrogens is 244 g/mol. The zero-order valence-corrected chi connectivity index (χ0v) is 13.4. The van der Waals surface area contributed by atoms with Crippen molar-refractivity contribution >= 4 is 5.78 Å². The molecule has 2 rings (SSSR count). The minimum Gasteiger partial charge on any atom is -0.294 e. The molecule has 0 spiro atoms. The van der Waals surface area contributed by atoms with Crippen molar-refractivity contribution in [3.05, 3.63) is 35.4 Å². The third-order valence-electron chi connectivity index (χ3n) is 4.28. The Labute approximate surface area is 123 Å². The Kier molecular flexibility index (Phi) is 4.67. The van der Waals surface area contributed by atoms with Gasteiger partial charge in [-0.05, 0) is 48.1 Å². The van der Waals surface area contributed by atoms with Crippen LogP contribution in [-0.2, 0) is 0 Å². The molecule has 1 fully saturated rings. The average Bonchev–Trinajstić information content (AvgIpc) is 2.24. The molecule has 1 unspecified atom stereocenters. The molecule has 1 aliphatic rings. The lowest BCUT2D eigenvalue weighted by atomic mass is 9.79. The minimum atomic E-state index is 0.299. The quantitative estimate of drug-likeness (QED) is 0.638. The van der Waals surface area contributed by atoms with Gasteiger partial charge in [-0.15, -0.1) is 0 Å². The van der Waals surface area contributed by atoms with Crippen LogP contribution in [0.3, 0.4) is 0 Å². The van der Waals surface area contributed by atoms with Crippen LogP contribution < -0.4 is 0 Å². The summed E-state index contributed by atoms with van der Waals surface area (Å²) in [6, 6.07) is 8.35. The summed E-state index contributed by atoms with van der Waals surface area (Å²) >= 11 is 0. The van der Waals surface area contributed by atoms with E-state index in [1.807, 2.05) is 6.07 Å². The van der Waals surface area contributed by atoms with Gasteiger partial charge in [0.1, 0.15) is 0 Å². The zero-order valence-electron chi connectivity index (χ0n) is 13.4. The van der Waals surface area contributed by atoms with E-state index < -0.39 is 0 Å². The molecule has 0 saturated heterocycles. The van der Waals surface area contributed by atoms with Gasteiger partial charge in [-0.1, -0.05) is 52.3 Å². The lowest BCUT2D eigenvalue weighted by Crippen LogP contribution is -2.15. The Balaban J connectivity index is 1.98. The Morgan fingerprint density at radius 3 is 2.55 bits per heavy atom. The third kappa shape index (κ3) is 4.19. The van der Waals surface area contributed by atoms with E-state index in [-0.39, 0.29) is 0 Å². The number of carbonyl (C=O) groups excluding carboxylic acids is 1. The van der Waals surface area contributed by atoms with Crippen LogP contribution in [0.4, 0.5) is 0 Å². The highest BCUT2D eigenvalue weighted by Gasteiger charge is 2.21. The maximum absolute atomic E-state index is 12.4. The van der Waals surface area contributed by atoms with E-state index in [1.165, 1.54) is 24.8 Å².